The summed E-state index contributed by atoms with van der Waals surface area (Å²) in [5.41, 5.74) is 0.255. The molecule has 0 atom stereocenters. The highest BCUT2D eigenvalue weighted by Crippen LogP contribution is 2.34. The number of hydrogen-bond donors (Lipinski definition) is 0. The molecule has 62 valence electrons. The maximum atomic E-state index is 2.29. The molecule has 0 aromatic carbocycles. The van der Waals surface area contributed by atoms with Crippen molar-refractivity contribution in [2.75, 3.05) is 0 Å². The normalized spacial score (nSPS) is 24.7. The molecule has 2 rings (SSSR count). The second-order valence-electron chi connectivity index (χ2n) is 3.51. The fraction of sp³-hybridized carbons (Fsp3) is 0.333. The molecule has 0 bridgehead atoms. The van der Waals surface area contributed by atoms with Crippen molar-refractivity contribution in [2.24, 2.45) is 5.41 Å². The molecule has 0 unspecified atom stereocenters. The van der Waals surface area contributed by atoms with E-state index in [0.717, 1.165) is 0 Å². The van der Waals surface area contributed by atoms with Gasteiger partial charge in [0.1, 0.15) is 0 Å². The minimum absolute atomic E-state index is 0.255. The summed E-state index contributed by atoms with van der Waals surface area (Å²) in [6, 6.07) is 0. The standard InChI is InChI=1S/C12H14/c1-2-4-8-12(9-5-3-1)10-6-7-11-12/h1-2,4,6-8,10-11H,3,5,9H2. The Balaban J connectivity index is 2.23. The van der Waals surface area contributed by atoms with Crippen molar-refractivity contribution >= 4 is 0 Å². The van der Waals surface area contributed by atoms with Gasteiger partial charge in [0.15, 0.2) is 0 Å². The van der Waals surface area contributed by atoms with Crippen LogP contribution in [-0.4, -0.2) is 0 Å². The van der Waals surface area contributed by atoms with E-state index in [1.54, 1.807) is 0 Å². The first kappa shape index (κ1) is 7.60. The highest BCUT2D eigenvalue weighted by Gasteiger charge is 2.21. The van der Waals surface area contributed by atoms with Crippen LogP contribution in [0.15, 0.2) is 48.6 Å². The van der Waals surface area contributed by atoms with E-state index in [1.165, 1.54) is 19.3 Å². The Labute approximate surface area is 74.0 Å². The third kappa shape index (κ3) is 1.42. The predicted octanol–water partition coefficient (Wildman–Crippen LogP) is 3.40. The van der Waals surface area contributed by atoms with E-state index in [1.807, 2.05) is 0 Å². The molecule has 0 heterocycles. The second-order valence-corrected chi connectivity index (χ2v) is 3.51. The first-order valence-corrected chi connectivity index (χ1v) is 4.63. The van der Waals surface area contributed by atoms with Crippen molar-refractivity contribution < 1.29 is 0 Å². The molecule has 0 aromatic rings. The van der Waals surface area contributed by atoms with Gasteiger partial charge in [-0.3, -0.25) is 0 Å². The van der Waals surface area contributed by atoms with Crippen molar-refractivity contribution in [3.8, 4) is 0 Å². The molecule has 0 N–H and O–H groups in total. The van der Waals surface area contributed by atoms with Crippen LogP contribution in [0, 0.1) is 5.41 Å². The average Bonchev–Trinajstić information content (AvgIpc) is 2.47. The molecule has 0 aromatic heterocycles. The topological polar surface area (TPSA) is 0 Å². The molecule has 0 saturated carbocycles. The summed E-state index contributed by atoms with van der Waals surface area (Å²) in [6.07, 6.45) is 21.5. The van der Waals surface area contributed by atoms with Crippen molar-refractivity contribution in [3.05, 3.63) is 48.6 Å². The van der Waals surface area contributed by atoms with Gasteiger partial charge in [0, 0.05) is 5.41 Å². The second kappa shape index (κ2) is 3.14. The highest BCUT2D eigenvalue weighted by atomic mass is 14.3. The lowest BCUT2D eigenvalue weighted by atomic mass is 9.83. The van der Waals surface area contributed by atoms with Crippen molar-refractivity contribution in [1.82, 2.24) is 0 Å². The smallest absolute Gasteiger partial charge is 0.0251 e. The van der Waals surface area contributed by atoms with Gasteiger partial charge in [-0.1, -0.05) is 48.6 Å². The zero-order valence-electron chi connectivity index (χ0n) is 7.24. The van der Waals surface area contributed by atoms with Gasteiger partial charge in [0.05, 0.1) is 0 Å². The van der Waals surface area contributed by atoms with E-state index in [9.17, 15) is 0 Å². The Morgan fingerprint density at radius 1 is 0.833 bits per heavy atom. The molecule has 0 fully saturated rings. The van der Waals surface area contributed by atoms with Gasteiger partial charge in [-0.25, -0.2) is 0 Å². The van der Waals surface area contributed by atoms with E-state index < -0.39 is 0 Å². The first-order chi connectivity index (χ1) is 5.91. The third-order valence-corrected chi connectivity index (χ3v) is 2.56. The average molecular weight is 158 g/mol. The van der Waals surface area contributed by atoms with E-state index in [4.69, 9.17) is 0 Å². The van der Waals surface area contributed by atoms with Gasteiger partial charge >= 0.3 is 0 Å². The van der Waals surface area contributed by atoms with E-state index in [2.05, 4.69) is 48.6 Å². The monoisotopic (exact) mass is 158 g/mol. The predicted molar refractivity (Wildman–Crippen MR) is 52.8 cm³/mol. The van der Waals surface area contributed by atoms with Crippen LogP contribution in [0.2, 0.25) is 0 Å². The molecule has 12 heavy (non-hydrogen) atoms. The molecule has 0 heteroatoms. The van der Waals surface area contributed by atoms with Gasteiger partial charge in [-0.05, 0) is 19.3 Å². The molecule has 0 amide bonds. The van der Waals surface area contributed by atoms with E-state index in [-0.39, 0.29) is 5.41 Å². The first-order valence-electron chi connectivity index (χ1n) is 4.63. The Bertz CT molecular complexity index is 252. The summed E-state index contributed by atoms with van der Waals surface area (Å²) in [5.74, 6) is 0. The van der Waals surface area contributed by atoms with Crippen LogP contribution in [0.1, 0.15) is 19.3 Å². The number of rotatable bonds is 0. The van der Waals surface area contributed by atoms with Crippen LogP contribution >= 0.6 is 0 Å². The van der Waals surface area contributed by atoms with Crippen LogP contribution < -0.4 is 0 Å². The summed E-state index contributed by atoms with van der Waals surface area (Å²) in [6.45, 7) is 0. The fourth-order valence-corrected chi connectivity index (χ4v) is 1.82. The van der Waals surface area contributed by atoms with Gasteiger partial charge in [-0.15, -0.1) is 0 Å². The Hall–Kier alpha value is -1.04. The number of allylic oxidation sites excluding steroid dienone is 8. The lowest BCUT2D eigenvalue weighted by molar-refractivity contribution is 0.542. The SMILES string of the molecule is C1=CCCCC2(C=C1)C=CC=C2. The zero-order valence-corrected chi connectivity index (χ0v) is 7.24. The van der Waals surface area contributed by atoms with Crippen LogP contribution in [0.5, 0.6) is 0 Å². The van der Waals surface area contributed by atoms with Gasteiger partial charge < -0.3 is 0 Å². The van der Waals surface area contributed by atoms with Gasteiger partial charge in [-0.2, -0.15) is 0 Å². The van der Waals surface area contributed by atoms with Gasteiger partial charge in [0.25, 0.3) is 0 Å². The highest BCUT2D eigenvalue weighted by molar-refractivity contribution is 5.32. The van der Waals surface area contributed by atoms with E-state index in [0.29, 0.717) is 0 Å². The molecule has 0 radical (unpaired) electrons. The van der Waals surface area contributed by atoms with Crippen molar-refractivity contribution in [2.45, 2.75) is 19.3 Å². The summed E-state index contributed by atoms with van der Waals surface area (Å²) in [7, 11) is 0. The van der Waals surface area contributed by atoms with Gasteiger partial charge in [0.2, 0.25) is 0 Å². The quantitative estimate of drug-likeness (QED) is 0.507. The molecule has 1 spiro atoms. The molecule has 2 aliphatic rings. The molecule has 0 nitrogen and oxygen atoms in total. The minimum Gasteiger partial charge on any atom is -0.0845 e. The maximum absolute atomic E-state index is 2.29. The molecule has 0 saturated heterocycles. The molecule has 0 aliphatic heterocycles. The van der Waals surface area contributed by atoms with E-state index >= 15 is 0 Å². The van der Waals surface area contributed by atoms with Crippen LogP contribution in [0.25, 0.3) is 0 Å². The maximum Gasteiger partial charge on any atom is 0.0251 e. The van der Waals surface area contributed by atoms with Crippen LogP contribution in [0.4, 0.5) is 0 Å². The lowest BCUT2D eigenvalue weighted by Crippen LogP contribution is -2.09. The Kier molecular flexibility index (Phi) is 1.99. The molecular formula is C12H14. The third-order valence-electron chi connectivity index (χ3n) is 2.56. The molecule has 2 aliphatic carbocycles. The lowest BCUT2D eigenvalue weighted by Gasteiger charge is -2.21. The summed E-state index contributed by atoms with van der Waals surface area (Å²) in [5, 5.41) is 0. The Morgan fingerprint density at radius 3 is 2.25 bits per heavy atom. The fourth-order valence-electron chi connectivity index (χ4n) is 1.82. The van der Waals surface area contributed by atoms with Crippen LogP contribution in [-0.2, 0) is 0 Å². The largest absolute Gasteiger partial charge is 0.0845 e. The molecular weight excluding hydrogens is 144 g/mol. The summed E-state index contributed by atoms with van der Waals surface area (Å²) >= 11 is 0. The zero-order chi connectivity index (χ0) is 8.28. The minimum atomic E-state index is 0.255. The van der Waals surface area contributed by atoms with Crippen molar-refractivity contribution in [1.29, 1.82) is 0 Å². The summed E-state index contributed by atoms with van der Waals surface area (Å²) < 4.78 is 0. The summed E-state index contributed by atoms with van der Waals surface area (Å²) in [4.78, 5) is 0. The number of hydrogen-bond acceptors (Lipinski definition) is 0. The van der Waals surface area contributed by atoms with Crippen LogP contribution in [0.3, 0.4) is 0 Å². The van der Waals surface area contributed by atoms with Crippen molar-refractivity contribution in [3.63, 3.8) is 0 Å². The Morgan fingerprint density at radius 2 is 1.50 bits per heavy atom.